The molecule has 9 nitrogen and oxygen atoms in total. The van der Waals surface area contributed by atoms with Crippen molar-refractivity contribution in [2.45, 2.75) is 34.6 Å². The highest BCUT2D eigenvalue weighted by Crippen LogP contribution is 2.38. The van der Waals surface area contributed by atoms with Crippen LogP contribution in [0.2, 0.25) is 0 Å². The fourth-order valence-electron chi connectivity index (χ4n) is 18.1. The first kappa shape index (κ1) is 84.3. The van der Waals surface area contributed by atoms with E-state index in [0.717, 1.165) is 102 Å². The van der Waals surface area contributed by atoms with Gasteiger partial charge in [-0.3, -0.25) is 9.97 Å². The molecule has 0 N–H and O–H groups in total. The highest BCUT2D eigenvalue weighted by atomic mass is 15.0. The summed E-state index contributed by atoms with van der Waals surface area (Å²) in [6.45, 7) is 10.0. The number of rotatable bonds is 10. The van der Waals surface area contributed by atoms with Gasteiger partial charge in [0.1, 0.15) is 11.6 Å². The second kappa shape index (κ2) is 37.9. The second-order valence-corrected chi connectivity index (χ2v) is 34.2. The summed E-state index contributed by atoms with van der Waals surface area (Å²) in [5.41, 5.74) is 21.5. The molecule has 5 heterocycles. The van der Waals surface area contributed by atoms with Crippen LogP contribution in [0, 0.1) is 34.6 Å². The Hall–Kier alpha value is -17.5. The van der Waals surface area contributed by atoms with E-state index >= 15 is 0 Å². The van der Waals surface area contributed by atoms with E-state index in [1.54, 1.807) is 0 Å². The molecule has 0 aliphatic heterocycles. The van der Waals surface area contributed by atoms with Gasteiger partial charge in [-0.1, -0.05) is 376 Å². The number of aryl methyl sites for hydroxylation is 5. The van der Waals surface area contributed by atoms with Crippen LogP contribution in [0.3, 0.4) is 0 Å². The molecule has 0 bridgehead atoms. The summed E-state index contributed by atoms with van der Waals surface area (Å²) in [7, 11) is 0. The van der Waals surface area contributed by atoms with Crippen molar-refractivity contribution in [3.63, 3.8) is 0 Å². The van der Waals surface area contributed by atoms with Crippen LogP contribution in [0.5, 0.6) is 0 Å². The predicted molar refractivity (Wildman–Crippen MR) is 565 cm³/mol. The molecule has 0 atom stereocenters. The minimum atomic E-state index is 0.705. The van der Waals surface area contributed by atoms with E-state index in [2.05, 4.69) is 476 Å². The van der Waals surface area contributed by atoms with Gasteiger partial charge in [-0.2, -0.15) is 0 Å². The standard InChI is InChI=1S/2C26H19N.2C25H18N2.C24H17N3/c1-18-15-23(25-12-6-10-20-8-4-5-11-24(20)25)17-26(27-18)22-14-13-19-7-2-3-9-21(19)16-22;1-18-15-23(22-14-13-19-7-2-3-9-21(19)16-22)17-26(27-18)25-12-6-10-20-8-4-5-11-24(20)25;1-17-26-24(22-12-10-18-6-2-4-8-20(18)14-22)16-25(27-17)23-13-11-19-7-3-5-9-21(19)15-23;1-17-14-24(22-12-10-18-6-2-4-8-20(18)15-22)27-25(26-17)23-13-11-19-7-3-5-9-21(19)16-23;1-16-25-23(21-12-10-17-6-2-4-8-19(17)14-21)27-24(26-16)22-13-11-18-7-3-5-9-20(18)15-22/h2*2-17H,1H3;2*2-16H,1H3;2-15H,1H3. The van der Waals surface area contributed by atoms with Crippen molar-refractivity contribution in [3.05, 3.63) is 490 Å². The molecule has 25 aromatic rings. The van der Waals surface area contributed by atoms with Gasteiger partial charge >= 0.3 is 0 Å². The first-order chi connectivity index (χ1) is 66.3. The zero-order valence-corrected chi connectivity index (χ0v) is 75.4. The highest BCUT2D eigenvalue weighted by molar-refractivity contribution is 6.00. The van der Waals surface area contributed by atoms with Gasteiger partial charge in [-0.05, 0) is 250 Å². The lowest BCUT2D eigenvalue weighted by atomic mass is 9.96. The molecule has 0 aliphatic carbocycles. The quantitative estimate of drug-likeness (QED) is 0.132. The summed E-state index contributed by atoms with van der Waals surface area (Å²) < 4.78 is 0. The molecule has 0 unspecified atom stereocenters. The van der Waals surface area contributed by atoms with Crippen molar-refractivity contribution in [3.8, 4) is 113 Å². The number of nitrogens with zero attached hydrogens (tertiary/aromatic N) is 9. The number of hydrogen-bond acceptors (Lipinski definition) is 9. The zero-order chi connectivity index (χ0) is 91.1. The van der Waals surface area contributed by atoms with Gasteiger partial charge in [0.05, 0.1) is 28.5 Å². The van der Waals surface area contributed by atoms with Crippen LogP contribution in [-0.2, 0) is 0 Å². The molecule has 25 rings (SSSR count). The molecule has 0 saturated carbocycles. The van der Waals surface area contributed by atoms with Crippen molar-refractivity contribution in [2.24, 2.45) is 0 Å². The lowest BCUT2D eigenvalue weighted by Crippen LogP contribution is -1.99. The van der Waals surface area contributed by atoms with Crippen LogP contribution in [-0.4, -0.2) is 44.9 Å². The van der Waals surface area contributed by atoms with Crippen molar-refractivity contribution in [2.75, 3.05) is 0 Å². The monoisotopic (exact) mass is 1730 g/mol. The lowest BCUT2D eigenvalue weighted by Gasteiger charge is -2.11. The molecule has 20 aromatic carbocycles. The predicted octanol–water partition coefficient (Wildman–Crippen LogP) is 32.7. The van der Waals surface area contributed by atoms with Gasteiger partial charge in [0.25, 0.3) is 0 Å². The number of pyridine rings is 2. The minimum Gasteiger partial charge on any atom is -0.253 e. The molecule has 0 amide bonds. The van der Waals surface area contributed by atoms with Crippen LogP contribution in [0.4, 0.5) is 0 Å². The van der Waals surface area contributed by atoms with Crippen LogP contribution in [0.15, 0.2) is 461 Å². The zero-order valence-electron chi connectivity index (χ0n) is 75.4. The van der Waals surface area contributed by atoms with Crippen LogP contribution < -0.4 is 0 Å². The van der Waals surface area contributed by atoms with Crippen LogP contribution in [0.1, 0.15) is 28.7 Å². The van der Waals surface area contributed by atoms with Gasteiger partial charge in [-0.15, -0.1) is 0 Å². The molecule has 0 aliphatic rings. The molecule has 0 saturated heterocycles. The fourth-order valence-corrected chi connectivity index (χ4v) is 18.1. The Labute approximate surface area is 784 Å². The Morgan fingerprint density at radius 2 is 0.378 bits per heavy atom. The van der Waals surface area contributed by atoms with Gasteiger partial charge < -0.3 is 0 Å². The topological polar surface area (TPSA) is 116 Å². The van der Waals surface area contributed by atoms with Gasteiger partial charge in [0, 0.05) is 61.6 Å². The normalized spacial score (nSPS) is 11.1. The molecule has 0 spiro atoms. The Kier molecular flexibility index (Phi) is 23.7. The van der Waals surface area contributed by atoms with E-state index in [1.165, 1.54) is 136 Å². The Balaban J connectivity index is 0.000000101. The van der Waals surface area contributed by atoms with Crippen molar-refractivity contribution in [1.29, 1.82) is 0 Å². The van der Waals surface area contributed by atoms with E-state index < -0.39 is 0 Å². The molecule has 0 radical (unpaired) electrons. The summed E-state index contributed by atoms with van der Waals surface area (Å²) in [5, 5.41) is 24.6. The molecule has 0 fully saturated rings. The third-order valence-corrected chi connectivity index (χ3v) is 24.8. The second-order valence-electron chi connectivity index (χ2n) is 34.2. The summed E-state index contributed by atoms with van der Waals surface area (Å²) >= 11 is 0. The molecule has 135 heavy (non-hydrogen) atoms. The maximum atomic E-state index is 4.88. The van der Waals surface area contributed by atoms with Crippen LogP contribution in [0.25, 0.3) is 220 Å². The molecule has 9 heteroatoms. The number of benzene rings is 20. The minimum absolute atomic E-state index is 0.705. The summed E-state index contributed by atoms with van der Waals surface area (Å²) in [5.74, 6) is 3.68. The summed E-state index contributed by atoms with van der Waals surface area (Å²) in [6, 6.07) is 162. The lowest BCUT2D eigenvalue weighted by molar-refractivity contribution is 0.992. The van der Waals surface area contributed by atoms with Crippen molar-refractivity contribution < 1.29 is 0 Å². The van der Waals surface area contributed by atoms with Crippen molar-refractivity contribution >= 4 is 108 Å². The van der Waals surface area contributed by atoms with Gasteiger partial charge in [-0.25, -0.2) is 34.9 Å². The number of aromatic nitrogens is 9. The fraction of sp³-hybridized carbons (Fsp3) is 0.0397. The Morgan fingerprint density at radius 3 is 0.763 bits per heavy atom. The first-order valence-corrected chi connectivity index (χ1v) is 45.7. The number of fused-ring (bicyclic) bond motifs is 10. The maximum absolute atomic E-state index is 4.88. The van der Waals surface area contributed by atoms with Gasteiger partial charge in [0.2, 0.25) is 0 Å². The average molecular weight is 1730 g/mol. The largest absolute Gasteiger partial charge is 0.253 e. The SMILES string of the molecule is Cc1cc(-c2ccc3ccccc3c2)cc(-c2cccc3ccccc23)n1.Cc1cc(-c2ccc3ccccc3c2)nc(-c2ccc3ccccc3c2)n1.Cc1cc(-c2cccc3ccccc23)cc(-c2ccc3ccccc3c2)n1.Cc1nc(-c2ccc3ccccc3c2)cc(-c2ccc3ccccc3c2)n1.Cc1nc(-c2ccc3ccccc3c2)nc(-c2ccc3ccccc3c2)n1. The van der Waals surface area contributed by atoms with E-state index in [1.807, 2.05) is 45.0 Å². The first-order valence-electron chi connectivity index (χ1n) is 45.7. The molecule has 640 valence electrons. The smallest absolute Gasteiger partial charge is 0.163 e. The highest BCUT2D eigenvalue weighted by Gasteiger charge is 2.17. The van der Waals surface area contributed by atoms with Crippen molar-refractivity contribution in [1.82, 2.24) is 44.9 Å². The Bertz CT molecular complexity index is 7790. The molecular formula is C126H91N9. The molecular weight excluding hydrogens is 1640 g/mol. The third kappa shape index (κ3) is 18.9. The van der Waals surface area contributed by atoms with E-state index in [9.17, 15) is 0 Å². The number of hydrogen-bond donors (Lipinski definition) is 0. The van der Waals surface area contributed by atoms with E-state index in [0.29, 0.717) is 11.6 Å². The Morgan fingerprint density at radius 1 is 0.126 bits per heavy atom. The van der Waals surface area contributed by atoms with Crippen LogP contribution >= 0.6 is 0 Å². The third-order valence-electron chi connectivity index (χ3n) is 24.8. The van der Waals surface area contributed by atoms with Gasteiger partial charge in [0.15, 0.2) is 17.5 Å². The summed E-state index contributed by atoms with van der Waals surface area (Å²) in [6.07, 6.45) is 0. The average Bonchev–Trinajstić information content (AvgIpc) is 0.794. The van der Waals surface area contributed by atoms with E-state index in [4.69, 9.17) is 19.9 Å². The summed E-state index contributed by atoms with van der Waals surface area (Å²) in [4.78, 5) is 42.5. The maximum Gasteiger partial charge on any atom is 0.163 e. The van der Waals surface area contributed by atoms with E-state index in [-0.39, 0.29) is 0 Å². The molecule has 5 aromatic heterocycles.